The predicted octanol–water partition coefficient (Wildman–Crippen LogP) is 2.34. The molecule has 1 saturated heterocycles. The lowest BCUT2D eigenvalue weighted by molar-refractivity contribution is -0.129. The van der Waals surface area contributed by atoms with Crippen molar-refractivity contribution in [3.05, 3.63) is 59.8 Å². The highest BCUT2D eigenvalue weighted by molar-refractivity contribution is 6.06. The standard InChI is InChI=1S/C22H25N5O2/c1-15-4-2-5-16-12-19(25-21(15)16)22(29)24-17-6-3-7-18(13-17)26-8-10-27(11-9-26)20(28)14-23/h2-7,12-13,25H,8-11,14,23H2,1H3,(H,24,29). The molecule has 7 heteroatoms. The summed E-state index contributed by atoms with van der Waals surface area (Å²) in [6.07, 6.45) is 0. The van der Waals surface area contributed by atoms with Crippen LogP contribution in [0.4, 0.5) is 11.4 Å². The average Bonchev–Trinajstić information content (AvgIpc) is 3.19. The quantitative estimate of drug-likeness (QED) is 0.636. The molecule has 7 nitrogen and oxygen atoms in total. The van der Waals surface area contributed by atoms with E-state index >= 15 is 0 Å². The number of piperazine rings is 1. The minimum atomic E-state index is -0.170. The summed E-state index contributed by atoms with van der Waals surface area (Å²) in [5, 5.41) is 4.00. The number of hydrogen-bond acceptors (Lipinski definition) is 4. The first-order valence-electron chi connectivity index (χ1n) is 9.77. The molecule has 1 aromatic heterocycles. The van der Waals surface area contributed by atoms with Crippen molar-refractivity contribution in [1.82, 2.24) is 9.88 Å². The number of carbonyl (C=O) groups is 2. The van der Waals surface area contributed by atoms with Gasteiger partial charge in [0, 0.05) is 48.5 Å². The molecule has 4 rings (SSSR count). The van der Waals surface area contributed by atoms with Crippen molar-refractivity contribution in [2.75, 3.05) is 42.9 Å². The zero-order valence-corrected chi connectivity index (χ0v) is 16.4. The summed E-state index contributed by atoms with van der Waals surface area (Å²) in [6, 6.07) is 15.7. The van der Waals surface area contributed by atoms with Crippen molar-refractivity contribution in [3.63, 3.8) is 0 Å². The van der Waals surface area contributed by atoms with E-state index in [1.54, 1.807) is 4.90 Å². The highest BCUT2D eigenvalue weighted by Gasteiger charge is 2.20. The van der Waals surface area contributed by atoms with Gasteiger partial charge in [0.2, 0.25) is 5.91 Å². The molecule has 0 aliphatic carbocycles. The van der Waals surface area contributed by atoms with Crippen LogP contribution in [0.15, 0.2) is 48.5 Å². The Morgan fingerprint density at radius 3 is 2.55 bits per heavy atom. The van der Waals surface area contributed by atoms with Crippen LogP contribution in [0.3, 0.4) is 0 Å². The molecule has 1 aliphatic heterocycles. The number of hydrogen-bond donors (Lipinski definition) is 3. The third-order valence-electron chi connectivity index (χ3n) is 5.39. The number of carbonyl (C=O) groups excluding carboxylic acids is 2. The number of nitrogens with zero attached hydrogens (tertiary/aromatic N) is 2. The topological polar surface area (TPSA) is 94.5 Å². The molecule has 0 saturated carbocycles. The predicted molar refractivity (Wildman–Crippen MR) is 115 cm³/mol. The molecule has 0 bridgehead atoms. The van der Waals surface area contributed by atoms with Gasteiger partial charge in [-0.15, -0.1) is 0 Å². The molecule has 0 unspecified atom stereocenters. The smallest absolute Gasteiger partial charge is 0.272 e. The van der Waals surface area contributed by atoms with E-state index in [-0.39, 0.29) is 18.4 Å². The van der Waals surface area contributed by atoms with Gasteiger partial charge in [-0.3, -0.25) is 9.59 Å². The summed E-state index contributed by atoms with van der Waals surface area (Å²) in [7, 11) is 0. The molecule has 4 N–H and O–H groups in total. The molecule has 2 amide bonds. The van der Waals surface area contributed by atoms with Gasteiger partial charge >= 0.3 is 0 Å². The highest BCUT2D eigenvalue weighted by Crippen LogP contribution is 2.23. The number of nitrogens with two attached hydrogens (primary N) is 1. The Kier molecular flexibility index (Phi) is 5.22. The highest BCUT2D eigenvalue weighted by atomic mass is 16.2. The number of fused-ring (bicyclic) bond motifs is 1. The van der Waals surface area contributed by atoms with Crippen LogP contribution in [-0.2, 0) is 4.79 Å². The molecule has 3 aromatic rings. The first kappa shape index (κ1) is 19.0. The molecule has 0 spiro atoms. The van der Waals surface area contributed by atoms with E-state index in [1.807, 2.05) is 55.5 Å². The zero-order valence-electron chi connectivity index (χ0n) is 16.4. The lowest BCUT2D eigenvalue weighted by Crippen LogP contribution is -2.50. The third-order valence-corrected chi connectivity index (χ3v) is 5.39. The first-order valence-corrected chi connectivity index (χ1v) is 9.77. The average molecular weight is 391 g/mol. The molecule has 2 aromatic carbocycles. The van der Waals surface area contributed by atoms with Crippen LogP contribution in [0, 0.1) is 6.92 Å². The van der Waals surface area contributed by atoms with E-state index in [1.165, 1.54) is 0 Å². The fourth-order valence-electron chi connectivity index (χ4n) is 3.75. The Morgan fingerprint density at radius 1 is 1.07 bits per heavy atom. The number of aromatic nitrogens is 1. The van der Waals surface area contributed by atoms with Crippen LogP contribution in [0.1, 0.15) is 16.1 Å². The summed E-state index contributed by atoms with van der Waals surface area (Å²) in [5.41, 5.74) is 9.84. The van der Waals surface area contributed by atoms with Crippen molar-refractivity contribution >= 4 is 34.1 Å². The molecule has 150 valence electrons. The van der Waals surface area contributed by atoms with Gasteiger partial charge in [-0.25, -0.2) is 0 Å². The lowest BCUT2D eigenvalue weighted by Gasteiger charge is -2.36. The number of nitrogens with one attached hydrogen (secondary N) is 2. The van der Waals surface area contributed by atoms with Gasteiger partial charge in [-0.2, -0.15) is 0 Å². The molecule has 0 atom stereocenters. The van der Waals surface area contributed by atoms with Crippen molar-refractivity contribution < 1.29 is 9.59 Å². The number of amides is 2. The van der Waals surface area contributed by atoms with E-state index in [4.69, 9.17) is 5.73 Å². The zero-order chi connectivity index (χ0) is 20.4. The number of para-hydroxylation sites is 1. The number of aromatic amines is 1. The van der Waals surface area contributed by atoms with Gasteiger partial charge in [0.15, 0.2) is 0 Å². The van der Waals surface area contributed by atoms with Crippen molar-refractivity contribution in [2.24, 2.45) is 5.73 Å². The minimum Gasteiger partial charge on any atom is -0.368 e. The van der Waals surface area contributed by atoms with Crippen LogP contribution >= 0.6 is 0 Å². The molecule has 29 heavy (non-hydrogen) atoms. The molecule has 2 heterocycles. The van der Waals surface area contributed by atoms with Crippen LogP contribution in [0.25, 0.3) is 10.9 Å². The Bertz CT molecular complexity index is 1050. The minimum absolute atomic E-state index is 0.0146. The maximum atomic E-state index is 12.7. The van der Waals surface area contributed by atoms with Gasteiger partial charge in [0.1, 0.15) is 5.69 Å². The number of aryl methyl sites for hydroxylation is 1. The molecule has 1 aliphatic rings. The van der Waals surface area contributed by atoms with Gasteiger partial charge < -0.3 is 25.8 Å². The normalized spacial score (nSPS) is 14.3. The van der Waals surface area contributed by atoms with Crippen molar-refractivity contribution in [1.29, 1.82) is 0 Å². The number of rotatable bonds is 4. The van der Waals surface area contributed by atoms with E-state index in [0.29, 0.717) is 18.8 Å². The second kappa shape index (κ2) is 7.97. The van der Waals surface area contributed by atoms with Crippen LogP contribution in [-0.4, -0.2) is 54.4 Å². The Balaban J connectivity index is 1.45. The summed E-state index contributed by atoms with van der Waals surface area (Å²) in [5.74, 6) is -0.185. The van der Waals surface area contributed by atoms with Crippen molar-refractivity contribution in [2.45, 2.75) is 6.92 Å². The van der Waals surface area contributed by atoms with Gasteiger partial charge in [-0.1, -0.05) is 24.3 Å². The number of benzene rings is 2. The molecule has 0 radical (unpaired) electrons. The van der Waals surface area contributed by atoms with E-state index in [2.05, 4.69) is 15.2 Å². The lowest BCUT2D eigenvalue weighted by atomic mass is 10.2. The summed E-state index contributed by atoms with van der Waals surface area (Å²) in [4.78, 5) is 31.7. The third kappa shape index (κ3) is 3.95. The van der Waals surface area contributed by atoms with E-state index in [9.17, 15) is 9.59 Å². The first-order chi connectivity index (χ1) is 14.0. The monoisotopic (exact) mass is 391 g/mol. The summed E-state index contributed by atoms with van der Waals surface area (Å²) in [6.45, 7) is 4.86. The summed E-state index contributed by atoms with van der Waals surface area (Å²) < 4.78 is 0. The van der Waals surface area contributed by atoms with Gasteiger partial charge in [0.05, 0.1) is 6.54 Å². The second-order valence-corrected chi connectivity index (χ2v) is 7.30. The van der Waals surface area contributed by atoms with Gasteiger partial charge in [0.25, 0.3) is 5.91 Å². The van der Waals surface area contributed by atoms with Crippen LogP contribution < -0.4 is 16.0 Å². The SMILES string of the molecule is Cc1cccc2cc(C(=O)Nc3cccc(N4CCN(C(=O)CN)CC4)c3)[nH]c12. The second-order valence-electron chi connectivity index (χ2n) is 7.30. The van der Waals surface area contributed by atoms with Crippen LogP contribution in [0.2, 0.25) is 0 Å². The van der Waals surface area contributed by atoms with Crippen LogP contribution in [0.5, 0.6) is 0 Å². The van der Waals surface area contributed by atoms with Crippen molar-refractivity contribution in [3.8, 4) is 0 Å². The fourth-order valence-corrected chi connectivity index (χ4v) is 3.75. The van der Waals surface area contributed by atoms with E-state index in [0.717, 1.165) is 40.9 Å². The Hall–Kier alpha value is -3.32. The van der Waals surface area contributed by atoms with Gasteiger partial charge in [-0.05, 0) is 36.8 Å². The Morgan fingerprint density at radius 2 is 1.83 bits per heavy atom. The fraction of sp³-hybridized carbons (Fsp3) is 0.273. The maximum absolute atomic E-state index is 12.7. The largest absolute Gasteiger partial charge is 0.368 e. The molecular weight excluding hydrogens is 366 g/mol. The number of anilines is 2. The maximum Gasteiger partial charge on any atom is 0.272 e. The number of H-pyrrole nitrogens is 1. The Labute approximate surface area is 169 Å². The van der Waals surface area contributed by atoms with E-state index < -0.39 is 0 Å². The molecular formula is C22H25N5O2. The summed E-state index contributed by atoms with van der Waals surface area (Å²) >= 11 is 0. The molecule has 1 fully saturated rings.